The van der Waals surface area contributed by atoms with Gasteiger partial charge in [-0.3, -0.25) is 14.4 Å². The average Bonchev–Trinajstić information content (AvgIpc) is 3.28. The fourth-order valence-electron chi connectivity index (χ4n) is 3.67. The fourth-order valence-corrected chi connectivity index (χ4v) is 5.64. The van der Waals surface area contributed by atoms with E-state index in [4.69, 9.17) is 0 Å². The van der Waals surface area contributed by atoms with Crippen molar-refractivity contribution < 1.29 is 9.59 Å². The third-order valence-corrected chi connectivity index (χ3v) is 7.14. The van der Waals surface area contributed by atoms with Gasteiger partial charge in [0.05, 0.1) is 16.9 Å². The van der Waals surface area contributed by atoms with Crippen LogP contribution in [-0.2, 0) is 23.4 Å². The van der Waals surface area contributed by atoms with E-state index in [1.165, 1.54) is 22.2 Å². The third kappa shape index (κ3) is 5.21. The molecule has 2 aromatic heterocycles. The van der Waals surface area contributed by atoms with Crippen LogP contribution in [-0.4, -0.2) is 33.1 Å². The zero-order valence-electron chi connectivity index (χ0n) is 18.3. The van der Waals surface area contributed by atoms with Crippen LogP contribution in [0.3, 0.4) is 0 Å². The van der Waals surface area contributed by atoms with Crippen molar-refractivity contribution in [1.82, 2.24) is 15.3 Å². The zero-order chi connectivity index (χ0) is 22.9. The molecule has 0 fully saturated rings. The molecule has 0 bridgehead atoms. The first-order valence-electron chi connectivity index (χ1n) is 10.5. The molecule has 0 atom stereocenters. The number of aromatic amines is 1. The van der Waals surface area contributed by atoms with E-state index in [2.05, 4.69) is 20.6 Å². The summed E-state index contributed by atoms with van der Waals surface area (Å²) in [7, 11) is 0. The van der Waals surface area contributed by atoms with Crippen molar-refractivity contribution in [2.75, 3.05) is 11.1 Å². The Balaban J connectivity index is 1.30. The molecule has 1 aliphatic rings. The summed E-state index contributed by atoms with van der Waals surface area (Å²) >= 11 is 3.01. The first-order valence-corrected chi connectivity index (χ1v) is 12.5. The van der Waals surface area contributed by atoms with Crippen molar-refractivity contribution in [3.05, 3.63) is 56.4 Å². The van der Waals surface area contributed by atoms with Gasteiger partial charge in [0.15, 0.2) is 0 Å². The first-order chi connectivity index (χ1) is 15.2. The van der Waals surface area contributed by atoms with E-state index in [1.807, 2.05) is 20.8 Å². The Hall–Kier alpha value is -2.65. The second-order valence-electron chi connectivity index (χ2n) is 8.87. The van der Waals surface area contributed by atoms with Crippen LogP contribution in [0.25, 0.3) is 10.2 Å². The van der Waals surface area contributed by atoms with Gasteiger partial charge in [0, 0.05) is 21.7 Å². The van der Waals surface area contributed by atoms with E-state index in [0.29, 0.717) is 22.8 Å². The quantitative estimate of drug-likeness (QED) is 0.507. The topological polar surface area (TPSA) is 104 Å². The van der Waals surface area contributed by atoms with E-state index in [-0.39, 0.29) is 28.7 Å². The summed E-state index contributed by atoms with van der Waals surface area (Å²) in [6.07, 6.45) is 3.09. The standard InChI is InChI=1S/C23H26N4O3S2/c1-23(2,3)27-20(29)13-7-9-14(10-8-13)24-18(28)12-31-11-17-25-21(30)19-15-5-4-6-16(15)32-22(19)26-17/h7-10H,4-6,11-12H2,1-3H3,(H,24,28)(H,27,29)(H,25,26,30). The third-order valence-electron chi connectivity index (χ3n) is 5.02. The van der Waals surface area contributed by atoms with Gasteiger partial charge >= 0.3 is 0 Å². The second kappa shape index (κ2) is 9.07. The fraction of sp³-hybridized carbons (Fsp3) is 0.391. The van der Waals surface area contributed by atoms with Crippen LogP contribution in [0.5, 0.6) is 0 Å². The number of hydrogen-bond donors (Lipinski definition) is 3. The molecule has 0 saturated carbocycles. The predicted molar refractivity (Wildman–Crippen MR) is 131 cm³/mol. The monoisotopic (exact) mass is 470 g/mol. The molecule has 0 aliphatic heterocycles. The van der Waals surface area contributed by atoms with Gasteiger partial charge < -0.3 is 15.6 Å². The molecule has 3 aromatic rings. The van der Waals surface area contributed by atoms with Gasteiger partial charge in [0.2, 0.25) is 5.91 Å². The van der Waals surface area contributed by atoms with Crippen LogP contribution in [0.4, 0.5) is 5.69 Å². The lowest BCUT2D eigenvalue weighted by Gasteiger charge is -2.20. The number of aryl methyl sites for hydroxylation is 2. The molecule has 32 heavy (non-hydrogen) atoms. The molecule has 7 nitrogen and oxygen atoms in total. The largest absolute Gasteiger partial charge is 0.347 e. The predicted octanol–water partition coefficient (Wildman–Crippen LogP) is 3.87. The summed E-state index contributed by atoms with van der Waals surface area (Å²) < 4.78 is 0. The maximum Gasteiger partial charge on any atom is 0.259 e. The summed E-state index contributed by atoms with van der Waals surface area (Å²) in [5.74, 6) is 0.970. The highest BCUT2D eigenvalue weighted by Gasteiger charge is 2.21. The van der Waals surface area contributed by atoms with Crippen molar-refractivity contribution in [2.45, 2.75) is 51.3 Å². The van der Waals surface area contributed by atoms with E-state index >= 15 is 0 Å². The molecule has 1 aromatic carbocycles. The van der Waals surface area contributed by atoms with E-state index in [0.717, 1.165) is 29.5 Å². The lowest BCUT2D eigenvalue weighted by molar-refractivity contribution is -0.113. The Kier molecular flexibility index (Phi) is 6.39. The summed E-state index contributed by atoms with van der Waals surface area (Å²) in [5, 5.41) is 6.48. The van der Waals surface area contributed by atoms with Crippen LogP contribution in [0.2, 0.25) is 0 Å². The number of anilines is 1. The number of nitrogens with zero attached hydrogens (tertiary/aromatic N) is 1. The van der Waals surface area contributed by atoms with Crippen molar-refractivity contribution >= 4 is 50.8 Å². The number of hydrogen-bond acceptors (Lipinski definition) is 6. The Bertz CT molecular complexity index is 1220. The molecule has 1 aliphatic carbocycles. The minimum absolute atomic E-state index is 0.0787. The van der Waals surface area contributed by atoms with Gasteiger partial charge in [-0.05, 0) is 69.9 Å². The molecule has 0 unspecified atom stereocenters. The van der Waals surface area contributed by atoms with Gasteiger partial charge in [-0.15, -0.1) is 23.1 Å². The zero-order valence-corrected chi connectivity index (χ0v) is 20.0. The molecule has 0 spiro atoms. The maximum absolute atomic E-state index is 12.5. The molecular weight excluding hydrogens is 444 g/mol. The van der Waals surface area contributed by atoms with E-state index < -0.39 is 0 Å². The lowest BCUT2D eigenvalue weighted by atomic mass is 10.1. The summed E-state index contributed by atoms with van der Waals surface area (Å²) in [6.45, 7) is 5.77. The van der Waals surface area contributed by atoms with Crippen molar-refractivity contribution in [2.24, 2.45) is 0 Å². The average molecular weight is 471 g/mol. The first kappa shape index (κ1) is 22.5. The van der Waals surface area contributed by atoms with E-state index in [9.17, 15) is 14.4 Å². The number of aromatic nitrogens is 2. The molecule has 168 valence electrons. The normalized spacial score (nSPS) is 13.2. The van der Waals surface area contributed by atoms with E-state index in [1.54, 1.807) is 35.6 Å². The van der Waals surface area contributed by atoms with Crippen LogP contribution in [0.15, 0.2) is 29.1 Å². The Morgan fingerprint density at radius 1 is 1.19 bits per heavy atom. The highest BCUT2D eigenvalue weighted by Crippen LogP contribution is 2.34. The lowest BCUT2D eigenvalue weighted by Crippen LogP contribution is -2.40. The summed E-state index contributed by atoms with van der Waals surface area (Å²) in [5.41, 5.74) is 1.94. The van der Waals surface area contributed by atoms with Gasteiger partial charge in [-0.2, -0.15) is 0 Å². The Labute approximate surface area is 194 Å². The molecule has 2 heterocycles. The second-order valence-corrected chi connectivity index (χ2v) is 10.9. The van der Waals surface area contributed by atoms with Gasteiger partial charge in [-0.1, -0.05) is 0 Å². The van der Waals surface area contributed by atoms with Gasteiger partial charge in [0.25, 0.3) is 11.5 Å². The number of thiophene rings is 1. The number of H-pyrrole nitrogens is 1. The number of fused-ring (bicyclic) bond motifs is 3. The van der Waals surface area contributed by atoms with Crippen molar-refractivity contribution in [3.63, 3.8) is 0 Å². The highest BCUT2D eigenvalue weighted by molar-refractivity contribution is 7.99. The number of benzene rings is 1. The number of carbonyl (C=O) groups excluding carboxylic acids is 2. The van der Waals surface area contributed by atoms with Crippen LogP contribution in [0.1, 0.15) is 53.8 Å². The molecule has 0 saturated heterocycles. The molecular formula is C23H26N4O3S2. The highest BCUT2D eigenvalue weighted by atomic mass is 32.2. The number of rotatable bonds is 6. The van der Waals surface area contributed by atoms with Crippen LogP contribution in [0, 0.1) is 0 Å². The number of carbonyl (C=O) groups is 2. The number of thioether (sulfide) groups is 1. The summed E-state index contributed by atoms with van der Waals surface area (Å²) in [6, 6.07) is 6.80. The van der Waals surface area contributed by atoms with Crippen LogP contribution < -0.4 is 16.2 Å². The molecule has 9 heteroatoms. The summed E-state index contributed by atoms with van der Waals surface area (Å²) in [4.78, 5) is 46.5. The number of nitrogens with one attached hydrogen (secondary N) is 3. The molecule has 4 rings (SSSR count). The smallest absolute Gasteiger partial charge is 0.259 e. The molecule has 3 N–H and O–H groups in total. The minimum Gasteiger partial charge on any atom is -0.347 e. The van der Waals surface area contributed by atoms with Gasteiger partial charge in [0.1, 0.15) is 10.7 Å². The van der Waals surface area contributed by atoms with Crippen molar-refractivity contribution in [1.29, 1.82) is 0 Å². The van der Waals surface area contributed by atoms with Crippen LogP contribution >= 0.6 is 23.1 Å². The Morgan fingerprint density at radius 2 is 1.94 bits per heavy atom. The Morgan fingerprint density at radius 3 is 2.66 bits per heavy atom. The SMILES string of the molecule is CC(C)(C)NC(=O)c1ccc(NC(=O)CSCc2nc3sc4c(c3c(=O)[nH]2)CCC4)cc1. The minimum atomic E-state index is -0.311. The molecule has 2 amide bonds. The number of amides is 2. The molecule has 0 radical (unpaired) electrons. The van der Waals surface area contributed by atoms with Gasteiger partial charge in [-0.25, -0.2) is 4.98 Å². The van der Waals surface area contributed by atoms with Crippen molar-refractivity contribution in [3.8, 4) is 0 Å². The maximum atomic E-state index is 12.5.